The minimum absolute atomic E-state index is 0.00831. The second-order valence-corrected chi connectivity index (χ2v) is 13.3. The molecule has 0 aliphatic carbocycles. The van der Waals surface area contributed by atoms with Crippen LogP contribution in [0.3, 0.4) is 0 Å². The van der Waals surface area contributed by atoms with Crippen molar-refractivity contribution in [2.75, 3.05) is 18.5 Å². The zero-order chi connectivity index (χ0) is 26.9. The first-order valence-corrected chi connectivity index (χ1v) is 15.1. The Morgan fingerprint density at radius 3 is 2.55 bits per heavy atom. The van der Waals surface area contributed by atoms with Gasteiger partial charge in [-0.05, 0) is 43.4 Å². The molecule has 202 valence electrons. The van der Waals surface area contributed by atoms with Gasteiger partial charge in [-0.25, -0.2) is 0 Å². The van der Waals surface area contributed by atoms with Gasteiger partial charge in [0.15, 0.2) is 0 Å². The first kappa shape index (κ1) is 27.5. The minimum Gasteiger partial charge on any atom is -0.396 e. The molecule has 3 aliphatic heterocycles. The molecule has 3 heterocycles. The number of para-hydroxylation sites is 1. The summed E-state index contributed by atoms with van der Waals surface area (Å²) in [7, 11) is 0. The Hall–Kier alpha value is -2.07. The number of benzene rings is 2. The maximum Gasteiger partial charge on any atom is 0.248 e. The van der Waals surface area contributed by atoms with Crippen molar-refractivity contribution in [1.29, 1.82) is 0 Å². The van der Waals surface area contributed by atoms with Gasteiger partial charge in [-0.15, -0.1) is 11.8 Å². The minimum atomic E-state index is -0.729. The summed E-state index contributed by atoms with van der Waals surface area (Å²) in [6, 6.07) is 16.0. The molecule has 3 fully saturated rings. The van der Waals surface area contributed by atoms with Crippen LogP contribution in [-0.2, 0) is 20.9 Å². The lowest BCUT2D eigenvalue weighted by molar-refractivity contribution is -0.139. The fourth-order valence-corrected chi connectivity index (χ4v) is 10.0. The molecule has 0 radical (unpaired) electrons. The molecule has 3 N–H and O–H groups in total. The Bertz CT molecular complexity index is 1200. The highest BCUT2D eigenvalue weighted by Gasteiger charge is 2.75. The van der Waals surface area contributed by atoms with Crippen LogP contribution in [0.2, 0.25) is 5.02 Å². The number of aliphatic hydroxyl groups excluding tert-OH is 1. The van der Waals surface area contributed by atoms with Gasteiger partial charge in [0.2, 0.25) is 17.7 Å². The van der Waals surface area contributed by atoms with Gasteiger partial charge in [0, 0.05) is 29.8 Å². The van der Waals surface area contributed by atoms with E-state index in [1.54, 1.807) is 40.9 Å². The first-order valence-electron chi connectivity index (χ1n) is 13.0. The number of carbonyl (C=O) groups excluding carboxylic acids is 3. The number of carbonyl (C=O) groups is 3. The van der Waals surface area contributed by atoms with E-state index in [1.165, 1.54) is 0 Å². The van der Waals surface area contributed by atoms with Crippen molar-refractivity contribution in [2.24, 2.45) is 11.8 Å². The Balaban J connectivity index is 1.43. The fourth-order valence-electron chi connectivity index (χ4n) is 6.21. The van der Waals surface area contributed by atoms with Gasteiger partial charge >= 0.3 is 0 Å². The van der Waals surface area contributed by atoms with Crippen molar-refractivity contribution < 1.29 is 19.5 Å². The Morgan fingerprint density at radius 1 is 1.08 bits per heavy atom. The van der Waals surface area contributed by atoms with Crippen LogP contribution < -0.4 is 10.6 Å². The zero-order valence-corrected chi connectivity index (χ0v) is 24.0. The third kappa shape index (κ3) is 4.98. The SMILES string of the molecule is O=C(Nc1ccccc1Cl)C1N(CCCCCO)C(=O)[C@@H]2[C@H](C(=O)NCc3ccccc3)[C@H]3SC12CC3Br. The summed E-state index contributed by atoms with van der Waals surface area (Å²) >= 11 is 11.7. The summed E-state index contributed by atoms with van der Waals surface area (Å²) in [5.74, 6) is -1.69. The van der Waals surface area contributed by atoms with Crippen molar-refractivity contribution in [1.82, 2.24) is 10.2 Å². The van der Waals surface area contributed by atoms with E-state index < -0.39 is 22.6 Å². The number of alkyl halides is 1. The number of nitrogens with one attached hydrogen (secondary N) is 2. The molecule has 3 unspecified atom stereocenters. The highest BCUT2D eigenvalue weighted by atomic mass is 79.9. The molecular formula is C28H31BrClN3O4S. The number of unbranched alkanes of at least 4 members (excludes halogenated alkanes) is 2. The maximum absolute atomic E-state index is 14.0. The van der Waals surface area contributed by atoms with E-state index >= 15 is 0 Å². The number of aliphatic hydroxyl groups is 1. The lowest BCUT2D eigenvalue weighted by atomic mass is 9.70. The molecule has 2 bridgehead atoms. The third-order valence-electron chi connectivity index (χ3n) is 7.84. The van der Waals surface area contributed by atoms with Gasteiger partial charge in [0.05, 0.1) is 27.3 Å². The van der Waals surface area contributed by atoms with E-state index in [4.69, 9.17) is 11.6 Å². The molecule has 7 nitrogen and oxygen atoms in total. The number of hydrogen-bond acceptors (Lipinski definition) is 5. The molecule has 3 saturated heterocycles. The van der Waals surface area contributed by atoms with Crippen molar-refractivity contribution in [3.63, 3.8) is 0 Å². The summed E-state index contributed by atoms with van der Waals surface area (Å²) in [6.07, 6.45) is 2.67. The number of fused-ring (bicyclic) bond motifs is 1. The summed E-state index contributed by atoms with van der Waals surface area (Å²) < 4.78 is -0.715. The van der Waals surface area contributed by atoms with Crippen LogP contribution >= 0.6 is 39.3 Å². The second kappa shape index (κ2) is 11.6. The standard InChI is InChI=1S/C28H31BrClN3O4S/c29-18-15-28-22(21(23(18)38-28)25(35)31-16-17-9-3-1-4-10-17)27(37)33(13-7-2-8-14-34)24(28)26(36)32-20-12-6-5-11-19(20)30/h1,3-6,9-12,18,21-24,34H,2,7-8,13-16H2,(H,31,35)(H,32,36)/t18?,21-,22-,23-,24?,28?/m0/s1. The van der Waals surface area contributed by atoms with Gasteiger partial charge in [0.25, 0.3) is 0 Å². The molecule has 6 atom stereocenters. The van der Waals surface area contributed by atoms with Crippen molar-refractivity contribution >= 4 is 62.7 Å². The van der Waals surface area contributed by atoms with Crippen molar-refractivity contribution in [2.45, 2.75) is 53.1 Å². The Labute approximate surface area is 240 Å². The Kier molecular flexibility index (Phi) is 8.38. The number of amides is 3. The quantitative estimate of drug-likeness (QED) is 0.273. The molecule has 3 amide bonds. The average Bonchev–Trinajstić information content (AvgIpc) is 3.50. The highest BCUT2D eigenvalue weighted by Crippen LogP contribution is 2.67. The van der Waals surface area contributed by atoms with Gasteiger partial charge < -0.3 is 20.6 Å². The number of nitrogens with zero attached hydrogens (tertiary/aromatic N) is 1. The topological polar surface area (TPSA) is 98.7 Å². The zero-order valence-electron chi connectivity index (χ0n) is 20.8. The largest absolute Gasteiger partial charge is 0.396 e. The predicted molar refractivity (Wildman–Crippen MR) is 153 cm³/mol. The molecule has 0 saturated carbocycles. The van der Waals surface area contributed by atoms with E-state index in [2.05, 4.69) is 26.6 Å². The predicted octanol–water partition coefficient (Wildman–Crippen LogP) is 4.22. The number of thioether (sulfide) groups is 1. The molecule has 38 heavy (non-hydrogen) atoms. The number of hydrogen-bond donors (Lipinski definition) is 3. The molecule has 3 aliphatic rings. The maximum atomic E-state index is 14.0. The van der Waals surface area contributed by atoms with E-state index in [-0.39, 0.29) is 34.4 Å². The fraction of sp³-hybridized carbons (Fsp3) is 0.464. The first-order chi connectivity index (χ1) is 18.4. The normalized spacial score (nSPS) is 29.4. The van der Waals surface area contributed by atoms with Gasteiger partial charge in [-0.3, -0.25) is 14.4 Å². The molecule has 1 spiro atoms. The summed E-state index contributed by atoms with van der Waals surface area (Å²) in [4.78, 5) is 43.2. The lowest BCUT2D eigenvalue weighted by Crippen LogP contribution is -2.53. The average molecular weight is 621 g/mol. The summed E-state index contributed by atoms with van der Waals surface area (Å²) in [5.41, 5.74) is 1.49. The van der Waals surface area contributed by atoms with Crippen molar-refractivity contribution in [3.05, 3.63) is 65.2 Å². The van der Waals surface area contributed by atoms with Gasteiger partial charge in [0.1, 0.15) is 6.04 Å². The van der Waals surface area contributed by atoms with E-state index in [9.17, 15) is 19.5 Å². The third-order valence-corrected chi connectivity index (χ3v) is 11.4. The van der Waals surface area contributed by atoms with E-state index in [0.717, 1.165) is 12.0 Å². The van der Waals surface area contributed by atoms with Crippen LogP contribution in [0.1, 0.15) is 31.2 Å². The van der Waals surface area contributed by atoms with E-state index in [1.807, 2.05) is 30.3 Å². The Morgan fingerprint density at radius 2 is 1.82 bits per heavy atom. The summed E-state index contributed by atoms with van der Waals surface area (Å²) in [5, 5.41) is 15.5. The molecule has 10 heteroatoms. The van der Waals surface area contributed by atoms with Crippen LogP contribution in [-0.4, -0.2) is 61.7 Å². The number of halogens is 2. The molecule has 0 aromatic heterocycles. The number of anilines is 1. The molecule has 5 rings (SSSR count). The smallest absolute Gasteiger partial charge is 0.248 e. The van der Waals surface area contributed by atoms with Gasteiger partial charge in [-0.2, -0.15) is 0 Å². The molecule has 2 aromatic carbocycles. The van der Waals surface area contributed by atoms with Crippen LogP contribution in [0, 0.1) is 11.8 Å². The van der Waals surface area contributed by atoms with Gasteiger partial charge in [-0.1, -0.05) is 70.0 Å². The van der Waals surface area contributed by atoms with Crippen LogP contribution in [0.25, 0.3) is 0 Å². The lowest BCUT2D eigenvalue weighted by Gasteiger charge is -2.35. The van der Waals surface area contributed by atoms with Crippen LogP contribution in [0.15, 0.2) is 54.6 Å². The van der Waals surface area contributed by atoms with Crippen molar-refractivity contribution in [3.8, 4) is 0 Å². The number of rotatable bonds is 10. The summed E-state index contributed by atoms with van der Waals surface area (Å²) in [6.45, 7) is 0.868. The van der Waals surface area contributed by atoms with Crippen LogP contribution in [0.5, 0.6) is 0 Å². The highest BCUT2D eigenvalue weighted by molar-refractivity contribution is 9.09. The second-order valence-electron chi connectivity index (χ2n) is 10.2. The number of likely N-dealkylation sites (tertiary alicyclic amines) is 1. The molecule has 2 aromatic rings. The van der Waals surface area contributed by atoms with Crippen LogP contribution in [0.4, 0.5) is 5.69 Å². The molecular weight excluding hydrogens is 590 g/mol. The van der Waals surface area contributed by atoms with E-state index in [0.29, 0.717) is 43.1 Å². The monoisotopic (exact) mass is 619 g/mol.